The quantitative estimate of drug-likeness (QED) is 0.624. The number of rotatable bonds is 4. The molecule has 1 heterocycles. The molecule has 0 aromatic heterocycles. The Hall–Kier alpha value is -1.04. The molecular weight excluding hydrogens is 305 g/mol. The molecule has 0 unspecified atom stereocenters. The van der Waals surface area contributed by atoms with Gasteiger partial charge in [0.05, 0.1) is 0 Å². The van der Waals surface area contributed by atoms with Gasteiger partial charge in [0.2, 0.25) is 0 Å². The molecule has 2 rings (SSSR count). The van der Waals surface area contributed by atoms with Crippen molar-refractivity contribution in [1.29, 1.82) is 0 Å². The summed E-state index contributed by atoms with van der Waals surface area (Å²) >= 11 is 0. The van der Waals surface area contributed by atoms with Gasteiger partial charge in [-0.05, 0) is 39.0 Å². The van der Waals surface area contributed by atoms with Crippen LogP contribution >= 0.6 is 0 Å². The molecule has 134 valence electrons. The van der Waals surface area contributed by atoms with Gasteiger partial charge in [0, 0.05) is 6.54 Å². The van der Waals surface area contributed by atoms with Gasteiger partial charge < -0.3 is 9.64 Å². The zero-order valence-electron chi connectivity index (χ0n) is 16.8. The van der Waals surface area contributed by atoms with E-state index >= 15 is 0 Å². The first kappa shape index (κ1) is 22.0. The maximum Gasteiger partial charge on any atom is 1.00 e. The molecule has 1 aromatic rings. The second kappa shape index (κ2) is 9.60. The molecule has 3 nitrogen and oxygen atoms in total. The summed E-state index contributed by atoms with van der Waals surface area (Å²) in [5.74, 6) is 0.999. The first-order chi connectivity index (χ1) is 11.3. The Labute approximate surface area is 165 Å². The number of piperidine rings is 1. The molecule has 4 heteroatoms. The van der Waals surface area contributed by atoms with Crippen molar-refractivity contribution in [1.82, 2.24) is 4.90 Å². The Kier molecular flexibility index (Phi) is 8.45. The monoisotopic (exact) mass is 337 g/mol. The Morgan fingerprint density at radius 1 is 1.28 bits per heavy atom. The number of ether oxygens (including phenoxy) is 1. The molecular formula is C21H32LiNO2. The van der Waals surface area contributed by atoms with Gasteiger partial charge >= 0.3 is 25.0 Å². The van der Waals surface area contributed by atoms with Crippen LogP contribution < -0.4 is 18.9 Å². The van der Waals surface area contributed by atoms with Gasteiger partial charge in [-0.2, -0.15) is 17.7 Å². The minimum atomic E-state index is -0.471. The van der Waals surface area contributed by atoms with Crippen LogP contribution in [0.3, 0.4) is 0 Å². The van der Waals surface area contributed by atoms with Gasteiger partial charge in [-0.15, -0.1) is 12.1 Å². The second-order valence-electron chi connectivity index (χ2n) is 7.90. The molecule has 1 amide bonds. The second-order valence-corrected chi connectivity index (χ2v) is 7.90. The molecule has 1 fully saturated rings. The number of benzene rings is 1. The van der Waals surface area contributed by atoms with Gasteiger partial charge in [-0.1, -0.05) is 45.2 Å². The SMILES string of the molecule is CCCC[C@@H]1[C-](c2ccccc2)N(C(=O)OC(C)(C)C)CC[C@H]1C.[Li+]. The van der Waals surface area contributed by atoms with Crippen LogP contribution in [0.15, 0.2) is 30.3 Å². The van der Waals surface area contributed by atoms with E-state index in [-0.39, 0.29) is 25.0 Å². The van der Waals surface area contributed by atoms with E-state index < -0.39 is 5.60 Å². The van der Waals surface area contributed by atoms with Crippen LogP contribution in [0.1, 0.15) is 65.9 Å². The van der Waals surface area contributed by atoms with E-state index in [4.69, 9.17) is 4.74 Å². The average molecular weight is 337 g/mol. The number of likely N-dealkylation sites (tertiary alicyclic amines) is 1. The van der Waals surface area contributed by atoms with Gasteiger partial charge in [0.25, 0.3) is 0 Å². The third kappa shape index (κ3) is 6.01. The average Bonchev–Trinajstić information content (AvgIpc) is 2.52. The van der Waals surface area contributed by atoms with Crippen molar-refractivity contribution in [2.45, 2.75) is 65.9 Å². The van der Waals surface area contributed by atoms with Crippen LogP contribution in [0.4, 0.5) is 4.79 Å². The number of nitrogens with zero attached hydrogens (tertiary/aromatic N) is 1. The van der Waals surface area contributed by atoms with Crippen LogP contribution in [0.2, 0.25) is 0 Å². The number of carbonyl (C=O) groups excluding carboxylic acids is 1. The van der Waals surface area contributed by atoms with E-state index in [2.05, 4.69) is 26.0 Å². The van der Waals surface area contributed by atoms with Crippen molar-refractivity contribution < 1.29 is 28.4 Å². The smallest absolute Gasteiger partial charge is 0.444 e. The zero-order valence-corrected chi connectivity index (χ0v) is 16.8. The summed E-state index contributed by atoms with van der Waals surface area (Å²) < 4.78 is 5.68. The van der Waals surface area contributed by atoms with Crippen LogP contribution in [-0.4, -0.2) is 23.1 Å². The fourth-order valence-electron chi connectivity index (χ4n) is 3.45. The van der Waals surface area contributed by atoms with Gasteiger partial charge in [0.1, 0.15) is 5.60 Å². The summed E-state index contributed by atoms with van der Waals surface area (Å²) in [6.07, 6.45) is 4.31. The number of hydrogen-bond acceptors (Lipinski definition) is 2. The zero-order chi connectivity index (χ0) is 17.7. The van der Waals surface area contributed by atoms with Crippen molar-refractivity contribution in [3.05, 3.63) is 41.9 Å². The Morgan fingerprint density at radius 2 is 1.92 bits per heavy atom. The molecule has 2 atom stereocenters. The maximum atomic E-state index is 12.8. The van der Waals surface area contributed by atoms with E-state index in [1.165, 1.54) is 12.8 Å². The number of carbonyl (C=O) groups is 1. The number of hydrogen-bond donors (Lipinski definition) is 0. The predicted molar refractivity (Wildman–Crippen MR) is 98.5 cm³/mol. The summed E-state index contributed by atoms with van der Waals surface area (Å²) in [5.41, 5.74) is 0.678. The number of unbranched alkanes of at least 4 members (excludes halogenated alkanes) is 1. The van der Waals surface area contributed by atoms with E-state index in [1.54, 1.807) is 0 Å². The van der Waals surface area contributed by atoms with Crippen molar-refractivity contribution in [2.24, 2.45) is 11.8 Å². The van der Waals surface area contributed by atoms with Gasteiger partial charge in [0.15, 0.2) is 0 Å². The third-order valence-corrected chi connectivity index (χ3v) is 4.69. The van der Waals surface area contributed by atoms with Crippen molar-refractivity contribution in [2.75, 3.05) is 6.54 Å². The molecule has 25 heavy (non-hydrogen) atoms. The molecule has 0 radical (unpaired) electrons. The Balaban J connectivity index is 0.00000312. The van der Waals surface area contributed by atoms with Crippen LogP contribution in [-0.2, 0) is 4.74 Å². The van der Waals surface area contributed by atoms with Crippen molar-refractivity contribution >= 4 is 6.09 Å². The van der Waals surface area contributed by atoms with Crippen LogP contribution in [0.5, 0.6) is 0 Å². The number of amides is 1. The topological polar surface area (TPSA) is 29.5 Å². The van der Waals surface area contributed by atoms with Crippen molar-refractivity contribution in [3.8, 4) is 0 Å². The fourth-order valence-corrected chi connectivity index (χ4v) is 3.45. The van der Waals surface area contributed by atoms with E-state index in [9.17, 15) is 4.79 Å². The minimum absolute atomic E-state index is 0. The Bertz CT molecular complexity index is 526. The van der Waals surface area contributed by atoms with E-state index in [1.807, 2.05) is 43.9 Å². The largest absolute Gasteiger partial charge is 1.00 e. The van der Waals surface area contributed by atoms with Crippen LogP contribution in [0, 0.1) is 17.9 Å². The normalized spacial score (nSPS) is 20.8. The maximum absolute atomic E-state index is 12.8. The molecule has 0 spiro atoms. The molecule has 1 saturated heterocycles. The molecule has 0 saturated carbocycles. The molecule has 0 bridgehead atoms. The van der Waals surface area contributed by atoms with E-state index in [0.717, 1.165) is 31.0 Å². The summed E-state index contributed by atoms with van der Waals surface area (Å²) in [5, 5.41) is 0. The summed E-state index contributed by atoms with van der Waals surface area (Å²) in [6, 6.07) is 11.5. The first-order valence-corrected chi connectivity index (χ1v) is 9.26. The molecule has 1 aliphatic heterocycles. The fraction of sp³-hybridized carbons (Fsp3) is 0.619. The predicted octanol–water partition coefficient (Wildman–Crippen LogP) is 2.65. The standard InChI is InChI=1S/C21H32NO2.Li/c1-6-7-13-18-16(2)14-15-22(20(23)24-21(3,4)5)19(18)17-11-9-8-10-12-17;/h8-12,16,18H,6-7,13-15H2,1-5H3;/q-1;+1/t16-,18+;/m1./s1. The molecule has 1 aromatic carbocycles. The Morgan fingerprint density at radius 3 is 2.48 bits per heavy atom. The third-order valence-electron chi connectivity index (χ3n) is 4.69. The van der Waals surface area contributed by atoms with Gasteiger partial charge in [-0.25, -0.2) is 4.79 Å². The minimum Gasteiger partial charge on any atom is -0.444 e. The molecule has 1 aliphatic rings. The first-order valence-electron chi connectivity index (χ1n) is 9.26. The molecule has 0 N–H and O–H groups in total. The summed E-state index contributed by atoms with van der Waals surface area (Å²) in [6.45, 7) is 11.1. The van der Waals surface area contributed by atoms with Crippen LogP contribution in [0.25, 0.3) is 0 Å². The van der Waals surface area contributed by atoms with Crippen molar-refractivity contribution in [3.63, 3.8) is 0 Å². The van der Waals surface area contributed by atoms with E-state index in [0.29, 0.717) is 11.8 Å². The summed E-state index contributed by atoms with van der Waals surface area (Å²) in [4.78, 5) is 14.7. The summed E-state index contributed by atoms with van der Waals surface area (Å²) in [7, 11) is 0. The van der Waals surface area contributed by atoms with Gasteiger partial charge in [-0.3, -0.25) is 0 Å². The molecule has 0 aliphatic carbocycles.